The van der Waals surface area contributed by atoms with Crippen LogP contribution in [0, 0.1) is 13.8 Å². The lowest BCUT2D eigenvalue weighted by atomic mass is 10.0. The molecule has 0 spiro atoms. The molecule has 0 fully saturated rings. The third-order valence-electron chi connectivity index (χ3n) is 2.98. The molecule has 1 heterocycles. The summed E-state index contributed by atoms with van der Waals surface area (Å²) in [4.78, 5) is 35.9. The van der Waals surface area contributed by atoms with Crippen molar-refractivity contribution in [2.45, 2.75) is 20.3 Å². The van der Waals surface area contributed by atoms with Crippen LogP contribution in [-0.2, 0) is 9.59 Å². The van der Waals surface area contributed by atoms with E-state index >= 15 is 0 Å². The molecule has 94 valence electrons. The normalized spacial score (nSPS) is 14.0. The Hall–Kier alpha value is -2.17. The van der Waals surface area contributed by atoms with Crippen molar-refractivity contribution in [3.63, 3.8) is 0 Å². The average Bonchev–Trinajstić information content (AvgIpc) is 2.51. The highest BCUT2D eigenvalue weighted by atomic mass is 16.2. The molecular weight excluding hydrogens is 232 g/mol. The molecule has 0 saturated heterocycles. The van der Waals surface area contributed by atoms with Crippen LogP contribution in [0.2, 0.25) is 0 Å². The zero-order valence-electron chi connectivity index (χ0n) is 10.3. The van der Waals surface area contributed by atoms with Crippen molar-refractivity contribution in [3.8, 4) is 0 Å². The Labute approximate surface area is 105 Å². The molecule has 18 heavy (non-hydrogen) atoms. The molecule has 2 N–H and O–H groups in total. The van der Waals surface area contributed by atoms with Crippen LogP contribution in [0.3, 0.4) is 0 Å². The summed E-state index contributed by atoms with van der Waals surface area (Å²) < 4.78 is 0. The molecule has 5 nitrogen and oxygen atoms in total. The summed E-state index contributed by atoms with van der Waals surface area (Å²) in [5.41, 5.74) is 7.89. The van der Waals surface area contributed by atoms with E-state index < -0.39 is 17.6 Å². The monoisotopic (exact) mass is 246 g/mol. The van der Waals surface area contributed by atoms with Crippen LogP contribution in [0.5, 0.6) is 0 Å². The molecule has 0 radical (unpaired) electrons. The van der Waals surface area contributed by atoms with Gasteiger partial charge in [0.2, 0.25) is 5.91 Å². The fourth-order valence-corrected chi connectivity index (χ4v) is 2.27. The van der Waals surface area contributed by atoms with E-state index in [1.807, 2.05) is 19.9 Å². The highest BCUT2D eigenvalue weighted by Crippen LogP contribution is 2.33. The number of fused-ring (bicyclic) bond motifs is 1. The topological polar surface area (TPSA) is 80.5 Å². The number of nitrogens with zero attached hydrogens (tertiary/aromatic N) is 1. The lowest BCUT2D eigenvalue weighted by Crippen LogP contribution is -2.33. The number of benzene rings is 1. The number of hydrogen-bond acceptors (Lipinski definition) is 3. The minimum atomic E-state index is -0.583. The van der Waals surface area contributed by atoms with Crippen LogP contribution in [0.4, 0.5) is 5.69 Å². The molecule has 1 aliphatic rings. The number of rotatable bonds is 3. The maximum Gasteiger partial charge on any atom is 0.299 e. The molecule has 5 heteroatoms. The molecule has 0 saturated carbocycles. The van der Waals surface area contributed by atoms with E-state index in [2.05, 4.69) is 0 Å². The lowest BCUT2D eigenvalue weighted by Gasteiger charge is -2.17. The summed E-state index contributed by atoms with van der Waals surface area (Å²) in [6.45, 7) is 3.86. The fraction of sp³-hybridized carbons (Fsp3) is 0.308. The number of aryl methyl sites for hydroxylation is 2. The highest BCUT2D eigenvalue weighted by molar-refractivity contribution is 6.52. The van der Waals surface area contributed by atoms with Crippen LogP contribution >= 0.6 is 0 Å². The molecule has 1 aromatic carbocycles. The van der Waals surface area contributed by atoms with Gasteiger partial charge in [-0.3, -0.25) is 14.4 Å². The summed E-state index contributed by atoms with van der Waals surface area (Å²) in [5.74, 6) is -1.59. The van der Waals surface area contributed by atoms with E-state index in [0.29, 0.717) is 11.3 Å². The summed E-state index contributed by atoms with van der Waals surface area (Å²) in [7, 11) is 0. The molecule has 2 rings (SSSR count). The zero-order valence-corrected chi connectivity index (χ0v) is 10.3. The third kappa shape index (κ3) is 1.88. The van der Waals surface area contributed by atoms with E-state index in [-0.39, 0.29) is 13.0 Å². The smallest absolute Gasteiger partial charge is 0.299 e. The van der Waals surface area contributed by atoms with Crippen molar-refractivity contribution in [2.24, 2.45) is 5.73 Å². The minimum Gasteiger partial charge on any atom is -0.370 e. The SMILES string of the molecule is Cc1cc(C)c2c(c1)C(=O)C(=O)N2CCC(N)=O. The van der Waals surface area contributed by atoms with Crippen molar-refractivity contribution in [3.05, 3.63) is 28.8 Å². The molecule has 1 aliphatic heterocycles. The van der Waals surface area contributed by atoms with Gasteiger partial charge in [-0.15, -0.1) is 0 Å². The number of ketones is 1. The molecule has 1 aromatic rings. The Morgan fingerprint density at radius 3 is 2.56 bits per heavy atom. The first-order chi connectivity index (χ1) is 8.41. The first-order valence-corrected chi connectivity index (χ1v) is 5.67. The number of primary amides is 1. The highest BCUT2D eigenvalue weighted by Gasteiger charge is 2.36. The molecule has 0 aromatic heterocycles. The van der Waals surface area contributed by atoms with Gasteiger partial charge >= 0.3 is 0 Å². The predicted molar refractivity (Wildman–Crippen MR) is 66.4 cm³/mol. The number of carbonyl (C=O) groups excluding carboxylic acids is 3. The van der Waals surface area contributed by atoms with E-state index in [9.17, 15) is 14.4 Å². The molecule has 0 bridgehead atoms. The molecule has 0 unspecified atom stereocenters. The van der Waals surface area contributed by atoms with Gasteiger partial charge in [-0.25, -0.2) is 0 Å². The number of amides is 2. The predicted octanol–water partition coefficient (Wildman–Crippen LogP) is 0.708. The van der Waals surface area contributed by atoms with Gasteiger partial charge in [0.25, 0.3) is 11.7 Å². The standard InChI is InChI=1S/C13H14N2O3/c1-7-5-8(2)11-9(6-7)12(17)13(18)15(11)4-3-10(14)16/h5-6H,3-4H2,1-2H3,(H2,14,16). The maximum atomic E-state index is 11.9. The first-order valence-electron chi connectivity index (χ1n) is 5.67. The summed E-state index contributed by atoms with van der Waals surface area (Å²) in [5, 5.41) is 0. The number of hydrogen-bond donors (Lipinski definition) is 1. The van der Waals surface area contributed by atoms with Gasteiger partial charge in [0.1, 0.15) is 0 Å². The van der Waals surface area contributed by atoms with Gasteiger partial charge in [-0.05, 0) is 31.0 Å². The van der Waals surface area contributed by atoms with Gasteiger partial charge in [-0.1, -0.05) is 6.07 Å². The van der Waals surface area contributed by atoms with E-state index in [0.717, 1.165) is 11.1 Å². The third-order valence-corrected chi connectivity index (χ3v) is 2.98. The van der Waals surface area contributed by atoms with Crippen LogP contribution in [0.25, 0.3) is 0 Å². The number of Topliss-reactive ketones (excluding diaryl/α,β-unsaturated/α-hetero) is 1. The van der Waals surface area contributed by atoms with Gasteiger partial charge in [-0.2, -0.15) is 0 Å². The summed E-state index contributed by atoms with van der Waals surface area (Å²) in [6, 6.07) is 3.61. The van der Waals surface area contributed by atoms with Crippen molar-refractivity contribution in [2.75, 3.05) is 11.4 Å². The largest absolute Gasteiger partial charge is 0.370 e. The van der Waals surface area contributed by atoms with Crippen molar-refractivity contribution >= 4 is 23.3 Å². The lowest BCUT2D eigenvalue weighted by molar-refractivity contribution is -0.118. The fourth-order valence-electron chi connectivity index (χ4n) is 2.27. The Balaban J connectivity index is 2.45. The molecule has 2 amide bonds. The Morgan fingerprint density at radius 1 is 1.28 bits per heavy atom. The number of nitrogens with two attached hydrogens (primary N) is 1. The van der Waals surface area contributed by atoms with Crippen molar-refractivity contribution < 1.29 is 14.4 Å². The van der Waals surface area contributed by atoms with Crippen LogP contribution in [0.15, 0.2) is 12.1 Å². The van der Waals surface area contributed by atoms with E-state index in [4.69, 9.17) is 5.73 Å². The van der Waals surface area contributed by atoms with E-state index in [1.165, 1.54) is 4.90 Å². The quantitative estimate of drug-likeness (QED) is 0.797. The van der Waals surface area contributed by atoms with Crippen molar-refractivity contribution in [1.82, 2.24) is 0 Å². The second-order valence-corrected chi connectivity index (χ2v) is 4.48. The number of anilines is 1. The minimum absolute atomic E-state index is 0.0474. The zero-order chi connectivity index (χ0) is 13.4. The van der Waals surface area contributed by atoms with Crippen molar-refractivity contribution in [1.29, 1.82) is 0 Å². The number of carbonyl (C=O) groups is 3. The van der Waals surface area contributed by atoms with Gasteiger partial charge in [0.15, 0.2) is 0 Å². The molecular formula is C13H14N2O3. The Kier molecular flexibility index (Phi) is 2.90. The maximum absolute atomic E-state index is 11.9. The van der Waals surface area contributed by atoms with Gasteiger partial charge < -0.3 is 10.6 Å². The first kappa shape index (κ1) is 12.3. The average molecular weight is 246 g/mol. The second-order valence-electron chi connectivity index (χ2n) is 4.48. The van der Waals surface area contributed by atoms with Gasteiger partial charge in [0.05, 0.1) is 11.3 Å². The van der Waals surface area contributed by atoms with Crippen LogP contribution in [-0.4, -0.2) is 24.1 Å². The van der Waals surface area contributed by atoms with Crippen LogP contribution in [0.1, 0.15) is 27.9 Å². The van der Waals surface area contributed by atoms with E-state index in [1.54, 1.807) is 6.07 Å². The Morgan fingerprint density at radius 2 is 1.94 bits per heavy atom. The summed E-state index contributed by atoms with van der Waals surface area (Å²) in [6.07, 6.45) is 0.0474. The molecule has 0 aliphatic carbocycles. The summed E-state index contributed by atoms with van der Waals surface area (Å²) >= 11 is 0. The van der Waals surface area contributed by atoms with Crippen LogP contribution < -0.4 is 10.6 Å². The van der Waals surface area contributed by atoms with Gasteiger partial charge in [0, 0.05) is 13.0 Å². The second kappa shape index (κ2) is 4.25. The Bertz CT molecular complexity index is 564. The molecule has 0 atom stereocenters.